The molecule has 1 aliphatic heterocycles. The van der Waals surface area contributed by atoms with E-state index in [-0.39, 0.29) is 11.6 Å². The molecule has 2 fully saturated rings. The first kappa shape index (κ1) is 11.4. The third kappa shape index (κ3) is 2.31. The number of ether oxygens (including phenoxy) is 2. The third-order valence-corrected chi connectivity index (χ3v) is 4.12. The van der Waals surface area contributed by atoms with Crippen LogP contribution in [0.2, 0.25) is 0 Å². The lowest BCUT2D eigenvalue weighted by atomic mass is 9.79. The zero-order valence-corrected chi connectivity index (χ0v) is 10.1. The average Bonchev–Trinajstić information content (AvgIpc) is 2.79. The third-order valence-electron chi connectivity index (χ3n) is 4.12. The van der Waals surface area contributed by atoms with Gasteiger partial charge in [0.15, 0.2) is 5.79 Å². The molecule has 0 aromatic heterocycles. The largest absolute Gasteiger partial charge is 0.348 e. The molecule has 1 saturated heterocycles. The molecule has 0 N–H and O–H groups in total. The highest BCUT2D eigenvalue weighted by Gasteiger charge is 2.40. The van der Waals surface area contributed by atoms with Gasteiger partial charge in [0, 0.05) is 19.3 Å². The minimum atomic E-state index is -0.298. The summed E-state index contributed by atoms with van der Waals surface area (Å²) in [5.41, 5.74) is 1.20. The molecule has 94 valence electrons. The van der Waals surface area contributed by atoms with Gasteiger partial charge in [0.25, 0.3) is 0 Å². The van der Waals surface area contributed by atoms with E-state index < -0.39 is 0 Å². The van der Waals surface area contributed by atoms with Gasteiger partial charge in [-0.15, -0.1) is 0 Å². The number of halogens is 1. The average molecular weight is 238 g/mol. The topological polar surface area (TPSA) is 18.5 Å². The van der Waals surface area contributed by atoms with Gasteiger partial charge in [-0.05, 0) is 36.8 Å². The summed E-state index contributed by atoms with van der Waals surface area (Å²) in [7, 11) is 0. The summed E-state index contributed by atoms with van der Waals surface area (Å²) in [4.78, 5) is 0. The van der Waals surface area contributed by atoms with Crippen LogP contribution in [0.4, 0.5) is 4.39 Å². The highest BCUT2D eigenvalue weighted by atomic mass is 19.1. The number of hydrogen-bond acceptors (Lipinski definition) is 2. The zero-order chi connectivity index (χ0) is 11.7. The predicted molar refractivity (Wildman–Crippen MR) is 63.1 cm³/mol. The van der Waals surface area contributed by atoms with Crippen molar-refractivity contribution in [3.63, 3.8) is 0 Å². The van der Waals surface area contributed by atoms with Gasteiger partial charge in [-0.25, -0.2) is 4.39 Å². The van der Waals surface area contributed by atoms with Crippen LogP contribution in [-0.4, -0.2) is 19.0 Å². The van der Waals surface area contributed by atoms with E-state index in [0.717, 1.165) is 45.3 Å². The normalized spacial score (nSPS) is 29.2. The molecular weight excluding hydrogens is 219 g/mol. The number of allylic oxidation sites excluding steroid dienone is 4. The maximum absolute atomic E-state index is 13.3. The lowest BCUT2D eigenvalue weighted by Gasteiger charge is -2.36. The monoisotopic (exact) mass is 238 g/mol. The molecule has 0 radical (unpaired) electrons. The van der Waals surface area contributed by atoms with E-state index in [1.807, 2.05) is 0 Å². The first-order valence-electron chi connectivity index (χ1n) is 6.61. The van der Waals surface area contributed by atoms with Crippen molar-refractivity contribution in [3.05, 3.63) is 23.6 Å². The molecule has 0 unspecified atom stereocenters. The molecule has 3 heteroatoms. The smallest absolute Gasteiger partial charge is 0.168 e. The molecule has 1 saturated carbocycles. The Kier molecular flexibility index (Phi) is 3.05. The first-order chi connectivity index (χ1) is 8.27. The number of rotatable bonds is 1. The minimum Gasteiger partial charge on any atom is -0.348 e. The fraction of sp³-hybridized carbons (Fsp3) is 0.714. The van der Waals surface area contributed by atoms with Crippen LogP contribution in [0.25, 0.3) is 0 Å². The minimum absolute atomic E-state index is 0.0381. The Bertz CT molecular complexity index is 343. The van der Waals surface area contributed by atoms with E-state index in [9.17, 15) is 4.39 Å². The summed E-state index contributed by atoms with van der Waals surface area (Å²) in [5, 5.41) is 0. The quantitative estimate of drug-likeness (QED) is 0.696. The Morgan fingerprint density at radius 1 is 1.18 bits per heavy atom. The van der Waals surface area contributed by atoms with E-state index >= 15 is 0 Å². The van der Waals surface area contributed by atoms with Crippen molar-refractivity contribution in [1.29, 1.82) is 0 Å². The second-order valence-electron chi connectivity index (χ2n) is 5.22. The Morgan fingerprint density at radius 3 is 2.53 bits per heavy atom. The van der Waals surface area contributed by atoms with Gasteiger partial charge in [0.2, 0.25) is 0 Å². The summed E-state index contributed by atoms with van der Waals surface area (Å²) in [6.45, 7) is 1.45. The van der Waals surface area contributed by atoms with Crippen molar-refractivity contribution >= 4 is 0 Å². The number of hydrogen-bond donors (Lipinski definition) is 0. The van der Waals surface area contributed by atoms with Gasteiger partial charge in [0.1, 0.15) is 5.83 Å². The lowest BCUT2D eigenvalue weighted by molar-refractivity contribution is -0.180. The second kappa shape index (κ2) is 4.54. The van der Waals surface area contributed by atoms with Crippen LogP contribution in [0, 0.1) is 5.92 Å². The van der Waals surface area contributed by atoms with Gasteiger partial charge in [-0.3, -0.25) is 0 Å². The highest BCUT2D eigenvalue weighted by molar-refractivity contribution is 5.27. The van der Waals surface area contributed by atoms with E-state index in [1.54, 1.807) is 6.08 Å². The molecule has 3 rings (SSSR count). The van der Waals surface area contributed by atoms with Gasteiger partial charge in [-0.1, -0.05) is 6.08 Å². The van der Waals surface area contributed by atoms with Gasteiger partial charge < -0.3 is 9.47 Å². The summed E-state index contributed by atoms with van der Waals surface area (Å²) >= 11 is 0. The Morgan fingerprint density at radius 2 is 1.88 bits per heavy atom. The van der Waals surface area contributed by atoms with Crippen LogP contribution in [0.3, 0.4) is 0 Å². The van der Waals surface area contributed by atoms with Crippen molar-refractivity contribution in [1.82, 2.24) is 0 Å². The molecule has 1 heterocycles. The SMILES string of the molecule is FC1=CC(C2CCC3(CC2)OCCO3)=CCC1. The van der Waals surface area contributed by atoms with E-state index in [0.29, 0.717) is 12.3 Å². The summed E-state index contributed by atoms with van der Waals surface area (Å²) in [6, 6.07) is 0. The summed E-state index contributed by atoms with van der Waals surface area (Å²) < 4.78 is 24.7. The van der Waals surface area contributed by atoms with E-state index in [2.05, 4.69) is 6.08 Å². The van der Waals surface area contributed by atoms with Gasteiger partial charge >= 0.3 is 0 Å². The molecule has 0 amide bonds. The van der Waals surface area contributed by atoms with Crippen LogP contribution in [0.5, 0.6) is 0 Å². The standard InChI is InChI=1S/C14H19FO2/c15-13-3-1-2-12(10-13)11-4-6-14(7-5-11)16-8-9-17-14/h2,10-11H,1,3-9H2. The van der Waals surface area contributed by atoms with Crippen LogP contribution in [0.15, 0.2) is 23.6 Å². The molecule has 1 spiro atoms. The molecule has 0 atom stereocenters. The van der Waals surface area contributed by atoms with E-state index in [4.69, 9.17) is 9.47 Å². The van der Waals surface area contributed by atoms with Crippen molar-refractivity contribution in [2.24, 2.45) is 5.92 Å². The van der Waals surface area contributed by atoms with E-state index in [1.165, 1.54) is 5.57 Å². The molecular formula is C14H19FO2. The molecule has 0 bridgehead atoms. The van der Waals surface area contributed by atoms with Crippen LogP contribution in [0.1, 0.15) is 38.5 Å². The van der Waals surface area contributed by atoms with Crippen LogP contribution >= 0.6 is 0 Å². The molecule has 2 aliphatic carbocycles. The lowest BCUT2D eigenvalue weighted by Crippen LogP contribution is -2.35. The highest BCUT2D eigenvalue weighted by Crippen LogP contribution is 2.42. The fourth-order valence-corrected chi connectivity index (χ4v) is 3.15. The Hall–Kier alpha value is -0.670. The van der Waals surface area contributed by atoms with Crippen molar-refractivity contribution in [2.75, 3.05) is 13.2 Å². The molecule has 17 heavy (non-hydrogen) atoms. The Balaban J connectivity index is 1.63. The zero-order valence-electron chi connectivity index (χ0n) is 10.1. The molecule has 0 aromatic carbocycles. The van der Waals surface area contributed by atoms with Crippen molar-refractivity contribution in [3.8, 4) is 0 Å². The first-order valence-corrected chi connectivity index (χ1v) is 6.61. The summed E-state index contributed by atoms with van der Waals surface area (Å²) in [5.74, 6) is 0.240. The molecule has 3 aliphatic rings. The fourth-order valence-electron chi connectivity index (χ4n) is 3.15. The second-order valence-corrected chi connectivity index (χ2v) is 5.22. The molecule has 0 aromatic rings. The van der Waals surface area contributed by atoms with Gasteiger partial charge in [0.05, 0.1) is 13.2 Å². The van der Waals surface area contributed by atoms with Crippen molar-refractivity contribution < 1.29 is 13.9 Å². The van der Waals surface area contributed by atoms with Crippen LogP contribution in [-0.2, 0) is 9.47 Å². The maximum atomic E-state index is 13.3. The molecule has 2 nitrogen and oxygen atoms in total. The van der Waals surface area contributed by atoms with Gasteiger partial charge in [-0.2, -0.15) is 0 Å². The summed E-state index contributed by atoms with van der Waals surface area (Å²) in [6.07, 6.45) is 9.36. The van der Waals surface area contributed by atoms with Crippen LogP contribution < -0.4 is 0 Å². The van der Waals surface area contributed by atoms with Crippen molar-refractivity contribution in [2.45, 2.75) is 44.3 Å². The maximum Gasteiger partial charge on any atom is 0.168 e. The Labute approximate surface area is 101 Å². The predicted octanol–water partition coefficient (Wildman–Crippen LogP) is 3.49.